The molecule has 0 saturated heterocycles. The molecule has 120 valence electrons. The predicted molar refractivity (Wildman–Crippen MR) is 90.1 cm³/mol. The van der Waals surface area contributed by atoms with Gasteiger partial charge in [-0.2, -0.15) is 5.10 Å². The third-order valence-corrected chi connectivity index (χ3v) is 3.91. The summed E-state index contributed by atoms with van der Waals surface area (Å²) in [4.78, 5) is 29.2. The standard InChI is InChI=1S/C16H14N6O2/c1-8-6-10(12-14(18-8)22(2)21-16(12)24)15(23)19-11-5-3-4-9-7-17-20-13(9)11/h3-7H,1-2H3,(H,17,20)(H,19,23)(H,21,24). The maximum Gasteiger partial charge on any atom is 0.274 e. The molecule has 3 heterocycles. The van der Waals surface area contributed by atoms with Crippen LogP contribution in [0.4, 0.5) is 5.69 Å². The van der Waals surface area contributed by atoms with Gasteiger partial charge in [-0.3, -0.25) is 24.5 Å². The van der Waals surface area contributed by atoms with Crippen molar-refractivity contribution in [2.45, 2.75) is 6.92 Å². The number of para-hydroxylation sites is 1. The van der Waals surface area contributed by atoms with Crippen molar-refractivity contribution in [3.05, 3.63) is 52.1 Å². The second kappa shape index (κ2) is 5.05. The molecule has 0 saturated carbocycles. The highest BCUT2D eigenvalue weighted by Gasteiger charge is 2.18. The highest BCUT2D eigenvalue weighted by atomic mass is 16.2. The van der Waals surface area contributed by atoms with Crippen LogP contribution in [0.1, 0.15) is 16.1 Å². The number of carbonyl (C=O) groups excluding carboxylic acids is 1. The van der Waals surface area contributed by atoms with Crippen LogP contribution in [0.5, 0.6) is 0 Å². The Morgan fingerprint density at radius 3 is 3.00 bits per heavy atom. The predicted octanol–water partition coefficient (Wildman–Crippen LogP) is 1.70. The van der Waals surface area contributed by atoms with E-state index in [1.807, 2.05) is 12.1 Å². The maximum atomic E-state index is 12.8. The summed E-state index contributed by atoms with van der Waals surface area (Å²) < 4.78 is 1.51. The van der Waals surface area contributed by atoms with Crippen LogP contribution in [0.15, 0.2) is 35.3 Å². The van der Waals surface area contributed by atoms with Gasteiger partial charge in [0.15, 0.2) is 5.65 Å². The van der Waals surface area contributed by atoms with E-state index in [9.17, 15) is 9.59 Å². The number of aromatic amines is 2. The van der Waals surface area contributed by atoms with E-state index in [1.165, 1.54) is 4.68 Å². The Morgan fingerprint density at radius 2 is 2.17 bits per heavy atom. The minimum atomic E-state index is -0.371. The van der Waals surface area contributed by atoms with E-state index in [0.717, 1.165) is 10.9 Å². The zero-order valence-electron chi connectivity index (χ0n) is 13.0. The molecule has 0 aliphatic rings. The van der Waals surface area contributed by atoms with Crippen molar-refractivity contribution >= 4 is 33.5 Å². The van der Waals surface area contributed by atoms with E-state index in [2.05, 4.69) is 25.6 Å². The number of carbonyl (C=O) groups is 1. The fourth-order valence-electron chi connectivity index (χ4n) is 2.83. The van der Waals surface area contributed by atoms with Crippen molar-refractivity contribution in [2.75, 3.05) is 5.32 Å². The monoisotopic (exact) mass is 322 g/mol. The lowest BCUT2D eigenvalue weighted by molar-refractivity contribution is 0.102. The van der Waals surface area contributed by atoms with Crippen LogP contribution in [-0.2, 0) is 7.05 Å². The fraction of sp³-hybridized carbons (Fsp3) is 0.125. The minimum Gasteiger partial charge on any atom is -0.320 e. The van der Waals surface area contributed by atoms with E-state index in [1.54, 1.807) is 32.3 Å². The zero-order chi connectivity index (χ0) is 16.8. The average Bonchev–Trinajstić information content (AvgIpc) is 3.13. The van der Waals surface area contributed by atoms with Crippen LogP contribution in [0.25, 0.3) is 21.9 Å². The zero-order valence-corrected chi connectivity index (χ0v) is 13.0. The minimum absolute atomic E-state index is 0.275. The van der Waals surface area contributed by atoms with Gasteiger partial charge in [0.2, 0.25) is 0 Å². The molecule has 1 amide bonds. The molecule has 8 heteroatoms. The molecule has 3 N–H and O–H groups in total. The second-order valence-corrected chi connectivity index (χ2v) is 5.60. The summed E-state index contributed by atoms with van der Waals surface area (Å²) in [6, 6.07) is 7.11. The largest absolute Gasteiger partial charge is 0.320 e. The molecule has 0 fully saturated rings. The van der Waals surface area contributed by atoms with Gasteiger partial charge >= 0.3 is 0 Å². The Kier molecular flexibility index (Phi) is 2.99. The number of aryl methyl sites for hydroxylation is 2. The molecule has 3 aromatic heterocycles. The summed E-state index contributed by atoms with van der Waals surface area (Å²) in [6.07, 6.45) is 1.68. The normalized spacial score (nSPS) is 11.2. The Balaban J connectivity index is 1.84. The number of fused-ring (bicyclic) bond motifs is 2. The molecule has 0 spiro atoms. The van der Waals surface area contributed by atoms with E-state index in [-0.39, 0.29) is 22.4 Å². The first-order valence-corrected chi connectivity index (χ1v) is 7.34. The van der Waals surface area contributed by atoms with Gasteiger partial charge in [0.25, 0.3) is 11.5 Å². The molecule has 0 aliphatic heterocycles. The molecular formula is C16H14N6O2. The van der Waals surface area contributed by atoms with Gasteiger partial charge in [0.1, 0.15) is 0 Å². The molecule has 0 unspecified atom stereocenters. The molecule has 0 radical (unpaired) electrons. The van der Waals surface area contributed by atoms with Crippen molar-refractivity contribution in [2.24, 2.45) is 7.05 Å². The Labute approximate surface area is 135 Å². The van der Waals surface area contributed by atoms with Gasteiger partial charge < -0.3 is 5.32 Å². The number of rotatable bonds is 2. The number of hydrogen-bond acceptors (Lipinski definition) is 4. The number of aromatic nitrogens is 5. The molecule has 0 bridgehead atoms. The molecule has 0 aliphatic carbocycles. The van der Waals surface area contributed by atoms with E-state index in [4.69, 9.17) is 0 Å². The summed E-state index contributed by atoms with van der Waals surface area (Å²) in [5.41, 5.74) is 2.38. The van der Waals surface area contributed by atoms with Crippen molar-refractivity contribution in [1.29, 1.82) is 0 Å². The Bertz CT molecular complexity index is 1150. The van der Waals surface area contributed by atoms with Gasteiger partial charge in [-0.1, -0.05) is 12.1 Å². The van der Waals surface area contributed by atoms with Gasteiger partial charge in [-0.05, 0) is 19.1 Å². The summed E-state index contributed by atoms with van der Waals surface area (Å²) in [6.45, 7) is 1.78. The van der Waals surface area contributed by atoms with Crippen molar-refractivity contribution < 1.29 is 4.79 Å². The van der Waals surface area contributed by atoms with Crippen molar-refractivity contribution in [3.8, 4) is 0 Å². The summed E-state index contributed by atoms with van der Waals surface area (Å²) >= 11 is 0. The third kappa shape index (κ3) is 2.08. The topological polar surface area (TPSA) is 108 Å². The van der Waals surface area contributed by atoms with Crippen LogP contribution in [0.2, 0.25) is 0 Å². The lowest BCUT2D eigenvalue weighted by Crippen LogP contribution is -2.15. The smallest absolute Gasteiger partial charge is 0.274 e. The fourth-order valence-corrected chi connectivity index (χ4v) is 2.83. The number of nitrogens with one attached hydrogen (secondary N) is 3. The summed E-state index contributed by atoms with van der Waals surface area (Å²) in [5, 5.41) is 13.5. The van der Waals surface area contributed by atoms with E-state index < -0.39 is 0 Å². The first-order chi connectivity index (χ1) is 11.5. The number of pyridine rings is 1. The molecule has 4 aromatic rings. The number of amides is 1. The SMILES string of the molecule is Cc1cc(C(=O)Nc2cccc3cn[nH]c23)c2c(=O)[nH]n(C)c2n1. The van der Waals surface area contributed by atoms with Crippen molar-refractivity contribution in [1.82, 2.24) is 25.0 Å². The summed E-state index contributed by atoms with van der Waals surface area (Å²) in [7, 11) is 1.68. The van der Waals surface area contributed by atoms with E-state index >= 15 is 0 Å². The highest BCUT2D eigenvalue weighted by molar-refractivity contribution is 6.14. The van der Waals surface area contributed by atoms with E-state index in [0.29, 0.717) is 17.0 Å². The van der Waals surface area contributed by atoms with Crippen LogP contribution in [0.3, 0.4) is 0 Å². The van der Waals surface area contributed by atoms with Gasteiger partial charge in [0, 0.05) is 18.1 Å². The molecule has 1 aromatic carbocycles. The number of anilines is 1. The molecule has 4 rings (SSSR count). The number of nitrogens with zero attached hydrogens (tertiary/aromatic N) is 3. The van der Waals surface area contributed by atoms with Gasteiger partial charge in [-0.15, -0.1) is 0 Å². The van der Waals surface area contributed by atoms with Crippen LogP contribution in [0, 0.1) is 6.92 Å². The number of hydrogen-bond donors (Lipinski definition) is 3. The average molecular weight is 322 g/mol. The lowest BCUT2D eigenvalue weighted by Gasteiger charge is -2.08. The Morgan fingerprint density at radius 1 is 1.33 bits per heavy atom. The van der Waals surface area contributed by atoms with Gasteiger partial charge in [0.05, 0.1) is 28.4 Å². The third-order valence-electron chi connectivity index (χ3n) is 3.91. The maximum absolute atomic E-state index is 12.8. The van der Waals surface area contributed by atoms with Crippen LogP contribution >= 0.6 is 0 Å². The first kappa shape index (κ1) is 14.2. The van der Waals surface area contributed by atoms with Crippen LogP contribution < -0.4 is 10.9 Å². The van der Waals surface area contributed by atoms with Gasteiger partial charge in [-0.25, -0.2) is 4.98 Å². The van der Waals surface area contributed by atoms with Crippen molar-refractivity contribution in [3.63, 3.8) is 0 Å². The number of H-pyrrole nitrogens is 2. The molecule has 24 heavy (non-hydrogen) atoms. The van der Waals surface area contributed by atoms with Crippen LogP contribution in [-0.4, -0.2) is 30.9 Å². The molecular weight excluding hydrogens is 308 g/mol. The quantitative estimate of drug-likeness (QED) is 0.522. The summed E-state index contributed by atoms with van der Waals surface area (Å²) in [5.74, 6) is -0.371. The molecule has 0 atom stereocenters. The number of benzene rings is 1. The Hall–Kier alpha value is -3.42. The lowest BCUT2D eigenvalue weighted by atomic mass is 10.1. The molecule has 8 nitrogen and oxygen atoms in total. The highest BCUT2D eigenvalue weighted by Crippen LogP contribution is 2.22. The second-order valence-electron chi connectivity index (χ2n) is 5.60. The first-order valence-electron chi connectivity index (χ1n) is 7.34.